The van der Waals surface area contributed by atoms with Crippen molar-refractivity contribution in [3.63, 3.8) is 0 Å². The first kappa shape index (κ1) is 23.9. The molecule has 0 aliphatic heterocycles. The lowest BCUT2D eigenvalue weighted by Crippen LogP contribution is -2.25. The third kappa shape index (κ3) is 4.83. The number of rotatable bonds is 3. The number of aromatic nitrogens is 2. The summed E-state index contributed by atoms with van der Waals surface area (Å²) in [6.45, 7) is 0. The summed E-state index contributed by atoms with van der Waals surface area (Å²) in [5.41, 5.74) is 6.62. The molecule has 5 nitrogen and oxygen atoms in total. The topological polar surface area (TPSA) is 88.8 Å². The van der Waals surface area contributed by atoms with Crippen LogP contribution in [0.2, 0.25) is 0 Å². The molecule has 2 heterocycles. The molecule has 34 heavy (non-hydrogen) atoms. The molecule has 3 aromatic rings. The molecule has 3 N–H and O–H groups in total. The Bertz CT molecular complexity index is 1260. The van der Waals surface area contributed by atoms with E-state index < -0.39 is 23.5 Å². The van der Waals surface area contributed by atoms with Crippen molar-refractivity contribution in [2.24, 2.45) is 5.73 Å². The normalized spacial score (nSPS) is 18.1. The molecule has 2 fully saturated rings. The van der Waals surface area contributed by atoms with Gasteiger partial charge in [0.1, 0.15) is 5.69 Å². The number of hydrogen-bond acceptors (Lipinski definition) is 3. The quantitative estimate of drug-likeness (QED) is 0.487. The average molecular weight is 475 g/mol. The third-order valence-electron chi connectivity index (χ3n) is 6.74. The second-order valence-corrected chi connectivity index (χ2v) is 8.91. The van der Waals surface area contributed by atoms with E-state index in [-0.39, 0.29) is 41.2 Å². The second-order valence-electron chi connectivity index (χ2n) is 8.91. The monoisotopic (exact) mass is 475 g/mol. The largest absolute Gasteiger partial charge is 0.364 e. The van der Waals surface area contributed by atoms with Gasteiger partial charge in [0.25, 0.3) is 5.91 Å². The summed E-state index contributed by atoms with van der Waals surface area (Å²) in [4.78, 5) is 29.0. The van der Waals surface area contributed by atoms with Crippen molar-refractivity contribution in [3.05, 3.63) is 75.3 Å². The molecule has 1 amide bonds. The predicted octanol–water partition coefficient (Wildman–Crippen LogP) is 5.55. The minimum atomic E-state index is -2.59. The summed E-state index contributed by atoms with van der Waals surface area (Å²) in [5.74, 6) is -4.86. The number of benzene rings is 1. The Morgan fingerprint density at radius 2 is 1.74 bits per heavy atom. The molecular formula is C25H25F4N3O2. The van der Waals surface area contributed by atoms with E-state index in [4.69, 9.17) is 5.73 Å². The number of nitrogens with one attached hydrogen (secondary N) is 1. The van der Waals surface area contributed by atoms with Gasteiger partial charge in [0, 0.05) is 31.3 Å². The number of primary amides is 1. The molecule has 180 valence electrons. The van der Waals surface area contributed by atoms with Gasteiger partial charge in [-0.05, 0) is 60.8 Å². The zero-order valence-electron chi connectivity index (χ0n) is 18.4. The van der Waals surface area contributed by atoms with Crippen LogP contribution in [-0.2, 0) is 0 Å². The van der Waals surface area contributed by atoms with Gasteiger partial charge in [0.05, 0.1) is 10.9 Å². The van der Waals surface area contributed by atoms with Gasteiger partial charge >= 0.3 is 0 Å². The van der Waals surface area contributed by atoms with Crippen LogP contribution in [0.4, 0.5) is 17.6 Å². The maximum Gasteiger partial charge on any atom is 0.268 e. The first-order chi connectivity index (χ1) is 16.2. The van der Waals surface area contributed by atoms with Crippen LogP contribution in [0, 0.1) is 11.6 Å². The lowest BCUT2D eigenvalue weighted by molar-refractivity contribution is -0.0383. The SMILES string of the molecule is Fc1ccc(C2CCC(F)(F)CC2)c(C2CCC2)c1F.NC(=O)c1nccc2[nH]ccc(=O)c12. The summed E-state index contributed by atoms with van der Waals surface area (Å²) >= 11 is 0. The van der Waals surface area contributed by atoms with Crippen LogP contribution in [-0.4, -0.2) is 21.8 Å². The minimum Gasteiger partial charge on any atom is -0.364 e. The maximum atomic E-state index is 14.1. The smallest absolute Gasteiger partial charge is 0.268 e. The number of amides is 1. The predicted molar refractivity (Wildman–Crippen MR) is 120 cm³/mol. The number of carbonyl (C=O) groups excluding carboxylic acids is 1. The molecule has 2 saturated carbocycles. The van der Waals surface area contributed by atoms with Crippen molar-refractivity contribution in [2.75, 3.05) is 0 Å². The van der Waals surface area contributed by atoms with E-state index >= 15 is 0 Å². The molecule has 0 radical (unpaired) electrons. The van der Waals surface area contributed by atoms with E-state index in [0.717, 1.165) is 30.9 Å². The van der Waals surface area contributed by atoms with Crippen LogP contribution in [0.25, 0.3) is 10.9 Å². The van der Waals surface area contributed by atoms with Crippen LogP contribution in [0.1, 0.15) is 78.4 Å². The minimum absolute atomic E-state index is 0.00403. The van der Waals surface area contributed by atoms with E-state index in [1.807, 2.05) is 0 Å². The van der Waals surface area contributed by atoms with Gasteiger partial charge in [0.2, 0.25) is 5.92 Å². The van der Waals surface area contributed by atoms with E-state index in [9.17, 15) is 27.2 Å². The van der Waals surface area contributed by atoms with Gasteiger partial charge in [-0.3, -0.25) is 14.6 Å². The number of aromatic amines is 1. The molecular weight excluding hydrogens is 450 g/mol. The molecule has 0 unspecified atom stereocenters. The fraction of sp³-hybridized carbons (Fsp3) is 0.400. The molecule has 0 atom stereocenters. The van der Waals surface area contributed by atoms with Gasteiger partial charge < -0.3 is 10.7 Å². The molecule has 5 rings (SSSR count). The summed E-state index contributed by atoms with van der Waals surface area (Å²) in [6.07, 6.45) is 6.13. The number of alkyl halides is 2. The molecule has 9 heteroatoms. The molecule has 2 aromatic heterocycles. The Kier molecular flexibility index (Phi) is 6.72. The van der Waals surface area contributed by atoms with Gasteiger partial charge in [-0.2, -0.15) is 0 Å². The van der Waals surface area contributed by atoms with Crippen molar-refractivity contribution in [1.82, 2.24) is 9.97 Å². The molecule has 0 spiro atoms. The fourth-order valence-electron chi connectivity index (χ4n) is 4.71. The summed E-state index contributed by atoms with van der Waals surface area (Å²) in [7, 11) is 0. The standard InChI is InChI=1S/C16H18F4.C9H7N3O2/c17-13-5-4-12(10-6-8-16(19,20)9-7-10)14(15(13)18)11-2-1-3-11;10-9(14)8-7-5(1-3-12-8)11-4-2-6(7)13/h4-5,10-11H,1-3,6-9H2;1-4H,(H2,10,14)(H,11,13). The van der Waals surface area contributed by atoms with Gasteiger partial charge in [-0.15, -0.1) is 0 Å². The van der Waals surface area contributed by atoms with Gasteiger partial charge in [-0.1, -0.05) is 12.5 Å². The highest BCUT2D eigenvalue weighted by Crippen LogP contribution is 2.47. The summed E-state index contributed by atoms with van der Waals surface area (Å²) in [6, 6.07) is 5.69. The Balaban J connectivity index is 0.000000172. The van der Waals surface area contributed by atoms with E-state index in [0.29, 0.717) is 23.9 Å². The van der Waals surface area contributed by atoms with Gasteiger partial charge in [0.15, 0.2) is 17.1 Å². The van der Waals surface area contributed by atoms with Crippen LogP contribution < -0.4 is 11.2 Å². The van der Waals surface area contributed by atoms with E-state index in [1.54, 1.807) is 12.1 Å². The van der Waals surface area contributed by atoms with Crippen LogP contribution >= 0.6 is 0 Å². The van der Waals surface area contributed by atoms with Crippen LogP contribution in [0.5, 0.6) is 0 Å². The molecule has 0 saturated heterocycles. The Labute approximate surface area is 193 Å². The van der Waals surface area contributed by atoms with Crippen molar-refractivity contribution in [2.45, 2.75) is 62.7 Å². The number of fused-ring (bicyclic) bond motifs is 1. The lowest BCUT2D eigenvalue weighted by atomic mass is 9.73. The van der Waals surface area contributed by atoms with Crippen molar-refractivity contribution < 1.29 is 22.4 Å². The number of halogens is 4. The zero-order valence-corrected chi connectivity index (χ0v) is 18.4. The number of pyridine rings is 2. The number of H-pyrrole nitrogens is 1. The fourth-order valence-corrected chi connectivity index (χ4v) is 4.71. The molecule has 2 aliphatic rings. The Morgan fingerprint density at radius 1 is 1.03 bits per heavy atom. The molecule has 0 bridgehead atoms. The van der Waals surface area contributed by atoms with Crippen molar-refractivity contribution in [1.29, 1.82) is 0 Å². The number of nitrogens with two attached hydrogens (primary N) is 1. The third-order valence-corrected chi connectivity index (χ3v) is 6.74. The highest BCUT2D eigenvalue weighted by atomic mass is 19.3. The van der Waals surface area contributed by atoms with Crippen molar-refractivity contribution >= 4 is 16.8 Å². The summed E-state index contributed by atoms with van der Waals surface area (Å²) in [5, 5.41) is 0.238. The van der Waals surface area contributed by atoms with Crippen LogP contribution in [0.15, 0.2) is 41.5 Å². The average Bonchev–Trinajstić information content (AvgIpc) is 2.76. The number of hydrogen-bond donors (Lipinski definition) is 2. The van der Waals surface area contributed by atoms with Crippen molar-refractivity contribution in [3.8, 4) is 0 Å². The maximum absolute atomic E-state index is 14.1. The van der Waals surface area contributed by atoms with Gasteiger partial charge in [-0.25, -0.2) is 17.6 Å². The first-order valence-electron chi connectivity index (χ1n) is 11.3. The molecule has 1 aromatic carbocycles. The zero-order chi connectivity index (χ0) is 24.5. The highest BCUT2D eigenvalue weighted by Gasteiger charge is 2.37. The van der Waals surface area contributed by atoms with Crippen LogP contribution in [0.3, 0.4) is 0 Å². The van der Waals surface area contributed by atoms with E-state index in [2.05, 4.69) is 9.97 Å². The molecule has 2 aliphatic carbocycles. The first-order valence-corrected chi connectivity index (χ1v) is 11.3. The summed E-state index contributed by atoms with van der Waals surface area (Å²) < 4.78 is 54.1. The highest BCUT2D eigenvalue weighted by molar-refractivity contribution is 6.03. The number of carbonyl (C=O) groups is 1. The Morgan fingerprint density at radius 3 is 2.35 bits per heavy atom. The lowest BCUT2D eigenvalue weighted by Gasteiger charge is -2.34. The van der Waals surface area contributed by atoms with E-state index in [1.165, 1.54) is 18.5 Å². The Hall–Kier alpha value is -3.23. The second kappa shape index (κ2) is 9.56. The number of nitrogens with zero attached hydrogens (tertiary/aromatic N) is 1.